The van der Waals surface area contributed by atoms with Crippen LogP contribution in [0.1, 0.15) is 19.8 Å². The zero-order valence-corrected chi connectivity index (χ0v) is 10.1. The molecule has 0 aromatic heterocycles. The van der Waals surface area contributed by atoms with Gasteiger partial charge in [0.15, 0.2) is 0 Å². The van der Waals surface area contributed by atoms with Gasteiger partial charge in [0.05, 0.1) is 0 Å². The number of hydrogen-bond donors (Lipinski definition) is 1. The van der Waals surface area contributed by atoms with Crippen LogP contribution in [0.4, 0.5) is 0 Å². The van der Waals surface area contributed by atoms with E-state index in [1.165, 1.54) is 31.7 Å². The molecule has 13 heavy (non-hydrogen) atoms. The summed E-state index contributed by atoms with van der Waals surface area (Å²) in [4.78, 5) is 2.40. The maximum atomic E-state index is 5.55. The van der Waals surface area contributed by atoms with Crippen LogP contribution in [0.15, 0.2) is 0 Å². The van der Waals surface area contributed by atoms with Crippen LogP contribution in [-0.4, -0.2) is 43.6 Å². The predicted molar refractivity (Wildman–Crippen MR) is 63.3 cm³/mol. The number of thioether (sulfide) groups is 1. The fourth-order valence-electron chi connectivity index (χ4n) is 1.19. The lowest BCUT2D eigenvalue weighted by molar-refractivity contribution is 0.333. The maximum Gasteiger partial charge on any atom is 0.00692 e. The van der Waals surface area contributed by atoms with Crippen molar-refractivity contribution in [3.05, 3.63) is 0 Å². The zero-order chi connectivity index (χ0) is 10.1. The van der Waals surface area contributed by atoms with Crippen LogP contribution in [0, 0.1) is 5.92 Å². The first-order chi connectivity index (χ1) is 6.20. The highest BCUT2D eigenvalue weighted by Crippen LogP contribution is 2.04. The van der Waals surface area contributed by atoms with Crippen LogP contribution in [0.25, 0.3) is 0 Å². The van der Waals surface area contributed by atoms with Gasteiger partial charge >= 0.3 is 0 Å². The fourth-order valence-corrected chi connectivity index (χ4v) is 1.68. The number of hydrogen-bond acceptors (Lipinski definition) is 3. The van der Waals surface area contributed by atoms with Crippen LogP contribution in [0.3, 0.4) is 0 Å². The highest BCUT2D eigenvalue weighted by Gasteiger charge is 2.01. The Hall–Kier alpha value is 0.270. The Bertz CT molecular complexity index is 109. The second kappa shape index (κ2) is 8.85. The quantitative estimate of drug-likeness (QED) is 0.652. The second-order valence-corrected chi connectivity index (χ2v) is 4.76. The van der Waals surface area contributed by atoms with Gasteiger partial charge < -0.3 is 10.6 Å². The molecule has 0 bridgehead atoms. The van der Waals surface area contributed by atoms with Crippen molar-refractivity contribution in [1.29, 1.82) is 0 Å². The number of nitrogens with two attached hydrogens (primary N) is 1. The third-order valence-corrected chi connectivity index (χ3v) is 2.91. The van der Waals surface area contributed by atoms with E-state index < -0.39 is 0 Å². The summed E-state index contributed by atoms with van der Waals surface area (Å²) in [5.74, 6) is 1.93. The van der Waals surface area contributed by atoms with Crippen molar-refractivity contribution in [1.82, 2.24) is 4.90 Å². The van der Waals surface area contributed by atoms with Crippen molar-refractivity contribution in [2.45, 2.75) is 19.8 Å². The van der Waals surface area contributed by atoms with E-state index in [-0.39, 0.29) is 0 Å². The first kappa shape index (κ1) is 13.3. The summed E-state index contributed by atoms with van der Waals surface area (Å²) >= 11 is 1.91. The standard InChI is InChI=1S/C10H24N2S/c1-10(9-11)5-4-6-12(2)7-8-13-3/h10H,4-9,11H2,1-3H3. The van der Waals surface area contributed by atoms with Crippen LogP contribution >= 0.6 is 11.8 Å². The van der Waals surface area contributed by atoms with Gasteiger partial charge in [0.2, 0.25) is 0 Å². The zero-order valence-electron chi connectivity index (χ0n) is 9.25. The summed E-state index contributed by atoms with van der Waals surface area (Å²) in [7, 11) is 2.20. The van der Waals surface area contributed by atoms with E-state index in [0.29, 0.717) is 5.92 Å². The van der Waals surface area contributed by atoms with E-state index in [1.807, 2.05) is 11.8 Å². The lowest BCUT2D eigenvalue weighted by Gasteiger charge is -2.16. The number of nitrogens with zero attached hydrogens (tertiary/aromatic N) is 1. The van der Waals surface area contributed by atoms with Crippen molar-refractivity contribution in [3.8, 4) is 0 Å². The van der Waals surface area contributed by atoms with Crippen molar-refractivity contribution in [2.24, 2.45) is 11.7 Å². The molecule has 0 spiro atoms. The first-order valence-electron chi connectivity index (χ1n) is 5.08. The lowest BCUT2D eigenvalue weighted by Crippen LogP contribution is -2.23. The maximum absolute atomic E-state index is 5.55. The molecule has 0 aliphatic rings. The summed E-state index contributed by atoms with van der Waals surface area (Å²) < 4.78 is 0. The third kappa shape index (κ3) is 8.60. The Morgan fingerprint density at radius 1 is 1.38 bits per heavy atom. The Kier molecular flexibility index (Phi) is 9.03. The van der Waals surface area contributed by atoms with Crippen LogP contribution in [0.2, 0.25) is 0 Å². The van der Waals surface area contributed by atoms with E-state index >= 15 is 0 Å². The highest BCUT2D eigenvalue weighted by molar-refractivity contribution is 7.98. The van der Waals surface area contributed by atoms with Crippen LogP contribution in [-0.2, 0) is 0 Å². The summed E-state index contributed by atoms with van der Waals surface area (Å²) in [5.41, 5.74) is 5.55. The second-order valence-electron chi connectivity index (χ2n) is 3.78. The van der Waals surface area contributed by atoms with Gasteiger partial charge in [-0.3, -0.25) is 0 Å². The molecule has 80 valence electrons. The first-order valence-corrected chi connectivity index (χ1v) is 6.47. The lowest BCUT2D eigenvalue weighted by atomic mass is 10.1. The SMILES string of the molecule is CSCCN(C)CCCC(C)CN. The third-order valence-electron chi connectivity index (χ3n) is 2.32. The molecule has 0 aliphatic heterocycles. The Balaban J connectivity index is 3.21. The molecule has 0 fully saturated rings. The highest BCUT2D eigenvalue weighted by atomic mass is 32.2. The Morgan fingerprint density at radius 2 is 2.08 bits per heavy atom. The van der Waals surface area contributed by atoms with Gasteiger partial charge in [0.25, 0.3) is 0 Å². The van der Waals surface area contributed by atoms with E-state index in [4.69, 9.17) is 5.73 Å². The van der Waals surface area contributed by atoms with E-state index in [2.05, 4.69) is 25.1 Å². The molecule has 2 nitrogen and oxygen atoms in total. The molecular formula is C10H24N2S. The molecule has 1 atom stereocenters. The van der Waals surface area contributed by atoms with Gasteiger partial charge in [-0.2, -0.15) is 11.8 Å². The van der Waals surface area contributed by atoms with Gasteiger partial charge in [0, 0.05) is 12.3 Å². The molecule has 0 amide bonds. The minimum Gasteiger partial charge on any atom is -0.330 e. The molecule has 0 rings (SSSR count). The van der Waals surface area contributed by atoms with Gasteiger partial charge in [-0.1, -0.05) is 6.92 Å². The molecular weight excluding hydrogens is 180 g/mol. The van der Waals surface area contributed by atoms with Gasteiger partial charge in [-0.15, -0.1) is 0 Å². The van der Waals surface area contributed by atoms with Gasteiger partial charge in [0.1, 0.15) is 0 Å². The molecule has 1 unspecified atom stereocenters. The van der Waals surface area contributed by atoms with E-state index in [0.717, 1.165) is 6.54 Å². The minimum atomic E-state index is 0.689. The average molecular weight is 204 g/mol. The molecule has 0 aliphatic carbocycles. The van der Waals surface area contributed by atoms with Gasteiger partial charge in [-0.25, -0.2) is 0 Å². The monoisotopic (exact) mass is 204 g/mol. The van der Waals surface area contributed by atoms with Crippen LogP contribution < -0.4 is 5.73 Å². The van der Waals surface area contributed by atoms with Gasteiger partial charge in [-0.05, 0) is 45.2 Å². The molecule has 2 N–H and O–H groups in total. The molecule has 0 heterocycles. The normalized spacial score (nSPS) is 13.6. The van der Waals surface area contributed by atoms with E-state index in [1.54, 1.807) is 0 Å². The topological polar surface area (TPSA) is 29.3 Å². The molecule has 0 saturated carbocycles. The Morgan fingerprint density at radius 3 is 2.62 bits per heavy atom. The largest absolute Gasteiger partial charge is 0.330 e. The van der Waals surface area contributed by atoms with Crippen molar-refractivity contribution in [3.63, 3.8) is 0 Å². The Labute approximate surface area is 87.2 Å². The average Bonchev–Trinajstić information content (AvgIpc) is 2.14. The van der Waals surface area contributed by atoms with Crippen molar-refractivity contribution < 1.29 is 0 Å². The van der Waals surface area contributed by atoms with Crippen LogP contribution in [0.5, 0.6) is 0 Å². The smallest absolute Gasteiger partial charge is 0.00692 e. The van der Waals surface area contributed by atoms with Crippen molar-refractivity contribution in [2.75, 3.05) is 38.7 Å². The molecule has 0 aromatic carbocycles. The molecule has 3 heteroatoms. The fraction of sp³-hybridized carbons (Fsp3) is 1.00. The minimum absolute atomic E-state index is 0.689. The summed E-state index contributed by atoms with van der Waals surface area (Å²) in [6.45, 7) is 5.47. The predicted octanol–water partition coefficient (Wildman–Crippen LogP) is 1.66. The number of rotatable bonds is 8. The summed E-state index contributed by atoms with van der Waals surface area (Å²) in [6.07, 6.45) is 4.70. The summed E-state index contributed by atoms with van der Waals surface area (Å²) in [5, 5.41) is 0. The molecule has 0 radical (unpaired) electrons. The summed E-state index contributed by atoms with van der Waals surface area (Å²) in [6, 6.07) is 0. The molecule has 0 aromatic rings. The molecule has 0 saturated heterocycles. The van der Waals surface area contributed by atoms with Crippen molar-refractivity contribution >= 4 is 11.8 Å². The van der Waals surface area contributed by atoms with E-state index in [9.17, 15) is 0 Å².